The molecule has 0 saturated heterocycles. The largest absolute Gasteiger partial charge is 0.484 e. The van der Waals surface area contributed by atoms with Gasteiger partial charge >= 0.3 is 0 Å². The Labute approximate surface area is 178 Å². The summed E-state index contributed by atoms with van der Waals surface area (Å²) in [7, 11) is 0. The molecule has 0 bridgehead atoms. The predicted molar refractivity (Wildman–Crippen MR) is 114 cm³/mol. The first kappa shape index (κ1) is 21.9. The predicted octanol–water partition coefficient (Wildman–Crippen LogP) is 3.83. The van der Waals surface area contributed by atoms with Crippen LogP contribution in [0.3, 0.4) is 0 Å². The molecule has 0 aliphatic rings. The van der Waals surface area contributed by atoms with Crippen LogP contribution >= 0.6 is 35.4 Å². The van der Waals surface area contributed by atoms with Gasteiger partial charge in [-0.25, -0.2) is 0 Å². The van der Waals surface area contributed by atoms with Crippen LogP contribution in [0.5, 0.6) is 5.75 Å². The number of carbonyl (C=O) groups is 2. The summed E-state index contributed by atoms with van der Waals surface area (Å²) in [5.41, 5.74) is 6.15. The van der Waals surface area contributed by atoms with Crippen molar-refractivity contribution in [3.05, 3.63) is 63.6 Å². The molecule has 0 aliphatic carbocycles. The molecule has 0 saturated carbocycles. The molecule has 0 spiro atoms. The Hall–Kier alpha value is -2.35. The van der Waals surface area contributed by atoms with Gasteiger partial charge in [-0.15, -0.1) is 0 Å². The number of thiocarbonyl (C=S) groups is 1. The van der Waals surface area contributed by atoms with Crippen molar-refractivity contribution in [1.29, 1.82) is 0 Å². The topological polar surface area (TPSA) is 79.5 Å². The van der Waals surface area contributed by atoms with Crippen molar-refractivity contribution in [2.75, 3.05) is 6.61 Å². The van der Waals surface area contributed by atoms with Gasteiger partial charge in [-0.1, -0.05) is 49.2 Å². The van der Waals surface area contributed by atoms with Gasteiger partial charge in [0, 0.05) is 5.02 Å². The number of nitrogens with one attached hydrogen (secondary N) is 3. The highest BCUT2D eigenvalue weighted by Gasteiger charge is 2.12. The molecule has 0 atom stereocenters. The van der Waals surface area contributed by atoms with Crippen LogP contribution in [0.25, 0.3) is 0 Å². The highest BCUT2D eigenvalue weighted by Crippen LogP contribution is 2.21. The fourth-order valence-electron chi connectivity index (χ4n) is 2.14. The van der Waals surface area contributed by atoms with E-state index in [-0.39, 0.29) is 22.3 Å². The second-order valence-corrected chi connectivity index (χ2v) is 7.34. The van der Waals surface area contributed by atoms with Crippen LogP contribution in [0, 0.1) is 0 Å². The first-order valence-electron chi connectivity index (χ1n) is 8.34. The highest BCUT2D eigenvalue weighted by atomic mass is 35.5. The fourth-order valence-corrected chi connectivity index (χ4v) is 2.77. The van der Waals surface area contributed by atoms with E-state index < -0.39 is 11.8 Å². The van der Waals surface area contributed by atoms with Gasteiger partial charge < -0.3 is 4.74 Å². The maximum absolute atomic E-state index is 12.1. The SMILES string of the molecule is CC(C)c1ccc(OCC(=O)NNC(=S)NC(=O)c2ccc(Cl)cc2Cl)cc1. The molecule has 2 aromatic carbocycles. The van der Waals surface area contributed by atoms with Gasteiger partial charge in [0.25, 0.3) is 11.8 Å². The molecule has 2 amide bonds. The molecule has 0 radical (unpaired) electrons. The molecule has 0 fully saturated rings. The second-order valence-electron chi connectivity index (χ2n) is 6.09. The summed E-state index contributed by atoms with van der Waals surface area (Å²) in [6.45, 7) is 3.97. The third-order valence-corrected chi connectivity index (χ3v) is 4.39. The van der Waals surface area contributed by atoms with Crippen molar-refractivity contribution in [3.63, 3.8) is 0 Å². The van der Waals surface area contributed by atoms with Crippen LogP contribution in [0.4, 0.5) is 0 Å². The second kappa shape index (κ2) is 10.3. The average molecular weight is 440 g/mol. The van der Waals surface area contributed by atoms with Gasteiger partial charge in [-0.2, -0.15) is 0 Å². The van der Waals surface area contributed by atoms with Crippen LogP contribution in [0.15, 0.2) is 42.5 Å². The van der Waals surface area contributed by atoms with Crippen molar-refractivity contribution in [2.45, 2.75) is 19.8 Å². The highest BCUT2D eigenvalue weighted by molar-refractivity contribution is 7.80. The quantitative estimate of drug-likeness (QED) is 0.487. The van der Waals surface area contributed by atoms with Gasteiger partial charge in [0.05, 0.1) is 10.6 Å². The van der Waals surface area contributed by atoms with Crippen molar-refractivity contribution < 1.29 is 14.3 Å². The van der Waals surface area contributed by atoms with E-state index in [4.69, 9.17) is 40.2 Å². The number of rotatable bonds is 5. The minimum atomic E-state index is -0.532. The van der Waals surface area contributed by atoms with Crippen LogP contribution in [0.1, 0.15) is 35.7 Å². The standard InChI is InChI=1S/C19H19Cl2N3O3S/c1-11(2)12-3-6-14(7-4-12)27-10-17(25)23-24-19(28)22-18(26)15-8-5-13(20)9-16(15)21/h3-9,11H,10H2,1-2H3,(H,23,25)(H2,22,24,26,28). The molecule has 0 unspecified atom stereocenters. The molecule has 9 heteroatoms. The van der Waals surface area contributed by atoms with Gasteiger partial charge in [0.15, 0.2) is 11.7 Å². The molecule has 148 valence electrons. The lowest BCUT2D eigenvalue weighted by molar-refractivity contribution is -0.123. The summed E-state index contributed by atoms with van der Waals surface area (Å²) in [5, 5.41) is 2.91. The Morgan fingerprint density at radius 1 is 1.07 bits per heavy atom. The first-order chi connectivity index (χ1) is 13.3. The minimum absolute atomic E-state index is 0.0920. The van der Waals surface area contributed by atoms with Crippen molar-refractivity contribution in [3.8, 4) is 5.75 Å². The van der Waals surface area contributed by atoms with E-state index in [1.807, 2.05) is 12.1 Å². The molecule has 0 heterocycles. The third-order valence-electron chi connectivity index (χ3n) is 3.63. The zero-order valence-corrected chi connectivity index (χ0v) is 17.5. The van der Waals surface area contributed by atoms with E-state index in [1.54, 1.807) is 12.1 Å². The lowest BCUT2D eigenvalue weighted by atomic mass is 10.0. The minimum Gasteiger partial charge on any atom is -0.484 e. The van der Waals surface area contributed by atoms with Crippen molar-refractivity contribution in [2.24, 2.45) is 0 Å². The Balaban J connectivity index is 1.75. The number of ether oxygens (including phenoxy) is 1. The molecule has 0 aromatic heterocycles. The Bertz CT molecular complexity index is 873. The Morgan fingerprint density at radius 3 is 2.36 bits per heavy atom. The number of hydrogen-bond donors (Lipinski definition) is 3. The molecule has 2 rings (SSSR count). The van der Waals surface area contributed by atoms with Crippen LogP contribution < -0.4 is 20.9 Å². The van der Waals surface area contributed by atoms with Crippen LogP contribution in [-0.4, -0.2) is 23.5 Å². The van der Waals surface area contributed by atoms with Crippen molar-refractivity contribution >= 4 is 52.3 Å². The number of amides is 2. The summed E-state index contributed by atoms with van der Waals surface area (Å²) < 4.78 is 5.40. The fraction of sp³-hybridized carbons (Fsp3) is 0.211. The zero-order valence-electron chi connectivity index (χ0n) is 15.2. The van der Waals surface area contributed by atoms with E-state index in [1.165, 1.54) is 23.8 Å². The van der Waals surface area contributed by atoms with Gasteiger partial charge in [0.2, 0.25) is 0 Å². The number of hydrogen-bond acceptors (Lipinski definition) is 4. The normalized spacial score (nSPS) is 10.3. The molecule has 28 heavy (non-hydrogen) atoms. The van der Waals surface area contributed by atoms with Crippen LogP contribution in [0.2, 0.25) is 10.0 Å². The monoisotopic (exact) mass is 439 g/mol. The number of benzene rings is 2. The first-order valence-corrected chi connectivity index (χ1v) is 9.50. The van der Waals surface area contributed by atoms with Gasteiger partial charge in [-0.05, 0) is 54.0 Å². The smallest absolute Gasteiger partial charge is 0.276 e. The lowest BCUT2D eigenvalue weighted by Gasteiger charge is -2.12. The number of halogens is 2. The summed E-state index contributed by atoms with van der Waals surface area (Å²) in [5.74, 6) is -0.00250. The van der Waals surface area contributed by atoms with E-state index in [0.717, 1.165) is 0 Å². The van der Waals surface area contributed by atoms with Gasteiger partial charge in [-0.3, -0.25) is 25.8 Å². The third kappa shape index (κ3) is 6.67. The summed E-state index contributed by atoms with van der Waals surface area (Å²) >= 11 is 16.7. The Morgan fingerprint density at radius 2 is 1.75 bits per heavy atom. The summed E-state index contributed by atoms with van der Waals surface area (Å²) in [4.78, 5) is 24.0. The molecule has 6 nitrogen and oxygen atoms in total. The molecule has 2 aromatic rings. The van der Waals surface area contributed by atoms with E-state index >= 15 is 0 Å². The Kier molecular flexibility index (Phi) is 8.04. The van der Waals surface area contributed by atoms with Gasteiger partial charge in [0.1, 0.15) is 5.75 Å². The lowest BCUT2D eigenvalue weighted by Crippen LogP contribution is -2.49. The zero-order chi connectivity index (χ0) is 20.7. The maximum atomic E-state index is 12.1. The molecule has 3 N–H and O–H groups in total. The van der Waals surface area contributed by atoms with Crippen molar-refractivity contribution in [1.82, 2.24) is 16.2 Å². The van der Waals surface area contributed by atoms with E-state index in [0.29, 0.717) is 16.7 Å². The molecular formula is C19H19Cl2N3O3S. The maximum Gasteiger partial charge on any atom is 0.276 e. The van der Waals surface area contributed by atoms with Crippen LogP contribution in [-0.2, 0) is 4.79 Å². The molecule has 0 aliphatic heterocycles. The van der Waals surface area contributed by atoms with E-state index in [2.05, 4.69) is 30.0 Å². The van der Waals surface area contributed by atoms with E-state index in [9.17, 15) is 9.59 Å². The summed E-state index contributed by atoms with van der Waals surface area (Å²) in [6, 6.07) is 11.9. The number of carbonyl (C=O) groups excluding carboxylic acids is 2. The molecular weight excluding hydrogens is 421 g/mol. The average Bonchev–Trinajstić information content (AvgIpc) is 2.64. The summed E-state index contributed by atoms with van der Waals surface area (Å²) in [6.07, 6.45) is 0. The number of hydrazine groups is 1.